The lowest BCUT2D eigenvalue weighted by atomic mass is 9.57. The monoisotopic (exact) mass is 308 g/mol. The zero-order valence-electron chi connectivity index (χ0n) is 13.2. The van der Waals surface area contributed by atoms with Crippen molar-refractivity contribution < 1.29 is 24.0 Å². The van der Waals surface area contributed by atoms with Crippen LogP contribution in [0.2, 0.25) is 0 Å². The normalized spacial score (nSPS) is 53.4. The highest BCUT2D eigenvalue weighted by atomic mass is 17.3. The molecule has 4 heterocycles. The van der Waals surface area contributed by atoms with E-state index in [2.05, 4.69) is 13.5 Å². The van der Waals surface area contributed by atoms with Crippen molar-refractivity contribution in [1.82, 2.24) is 0 Å². The number of carbonyl (C=O) groups excluding carboxylic acids is 1. The molecule has 7 atom stereocenters. The summed E-state index contributed by atoms with van der Waals surface area (Å²) in [5.74, 6) is -0.343. The van der Waals surface area contributed by atoms with Crippen molar-refractivity contribution in [3.05, 3.63) is 12.7 Å². The van der Waals surface area contributed by atoms with Gasteiger partial charge in [0.15, 0.2) is 5.60 Å². The third kappa shape index (κ3) is 1.79. The highest BCUT2D eigenvalue weighted by molar-refractivity contribution is 5.74. The van der Waals surface area contributed by atoms with Crippen molar-refractivity contribution in [3.63, 3.8) is 0 Å². The van der Waals surface area contributed by atoms with Crippen LogP contribution >= 0.6 is 0 Å². The number of ether oxygens (including phenoxy) is 2. The molecule has 4 aliphatic heterocycles. The second-order valence-corrected chi connectivity index (χ2v) is 7.48. The fourth-order valence-electron chi connectivity index (χ4n) is 5.06. The van der Waals surface area contributed by atoms with E-state index in [0.717, 1.165) is 25.7 Å². The maximum absolute atomic E-state index is 12.5. The molecule has 0 N–H and O–H groups in total. The minimum atomic E-state index is -0.816. The van der Waals surface area contributed by atoms with E-state index in [0.29, 0.717) is 18.3 Å². The van der Waals surface area contributed by atoms with Crippen LogP contribution in [0.1, 0.15) is 46.0 Å². The standard InChI is InChI=1S/C17H24O5/c1-4-5-11-13-7-6-10(2)12-8-9-16(3)20-15(19-14(11)18)17(12,13)22-21-16/h4,10-13,15H,1,5-9H2,2-3H3/t10-,11+,12+,13+,15-,16-,17-/m1/s1. The Morgan fingerprint density at radius 1 is 1.27 bits per heavy atom. The second-order valence-electron chi connectivity index (χ2n) is 7.48. The van der Waals surface area contributed by atoms with Crippen molar-refractivity contribution in [3.8, 4) is 0 Å². The quantitative estimate of drug-likeness (QED) is 0.446. The Labute approximate surface area is 130 Å². The SMILES string of the molecule is C=CC[C@@H]1C(=O)O[C@@H]2O[C@@]3(C)CC[C@H]4[C@H](C)CC[C@@H]1[C@@]24OO3. The topological polar surface area (TPSA) is 54.0 Å². The molecular weight excluding hydrogens is 284 g/mol. The predicted octanol–water partition coefficient (Wildman–Crippen LogP) is 2.95. The van der Waals surface area contributed by atoms with E-state index in [1.54, 1.807) is 6.08 Å². The summed E-state index contributed by atoms with van der Waals surface area (Å²) in [5, 5.41) is 0. The zero-order valence-corrected chi connectivity index (χ0v) is 13.2. The van der Waals surface area contributed by atoms with Crippen molar-refractivity contribution in [1.29, 1.82) is 0 Å². The highest BCUT2D eigenvalue weighted by Crippen LogP contribution is 2.60. The van der Waals surface area contributed by atoms with Crippen LogP contribution in [0.4, 0.5) is 0 Å². The first-order chi connectivity index (χ1) is 10.5. The van der Waals surface area contributed by atoms with E-state index in [1.165, 1.54) is 0 Å². The van der Waals surface area contributed by atoms with Gasteiger partial charge in [0.05, 0.1) is 5.92 Å². The Morgan fingerprint density at radius 2 is 2.09 bits per heavy atom. The van der Waals surface area contributed by atoms with E-state index in [-0.39, 0.29) is 17.8 Å². The van der Waals surface area contributed by atoms with Gasteiger partial charge in [-0.15, -0.1) is 6.58 Å². The summed E-state index contributed by atoms with van der Waals surface area (Å²) in [6, 6.07) is 0. The Bertz CT molecular complexity index is 505. The summed E-state index contributed by atoms with van der Waals surface area (Å²) in [4.78, 5) is 24.1. The van der Waals surface area contributed by atoms with Crippen molar-refractivity contribution >= 4 is 5.97 Å². The Morgan fingerprint density at radius 3 is 2.86 bits per heavy atom. The molecule has 5 rings (SSSR count). The molecular formula is C17H24O5. The summed E-state index contributed by atoms with van der Waals surface area (Å²) < 4.78 is 11.8. The van der Waals surface area contributed by atoms with Gasteiger partial charge in [-0.1, -0.05) is 13.0 Å². The van der Waals surface area contributed by atoms with Gasteiger partial charge < -0.3 is 9.47 Å². The van der Waals surface area contributed by atoms with Crippen LogP contribution < -0.4 is 0 Å². The molecule has 1 saturated carbocycles. The molecule has 0 radical (unpaired) electrons. The highest BCUT2D eigenvalue weighted by Gasteiger charge is 2.70. The molecule has 0 aromatic carbocycles. The van der Waals surface area contributed by atoms with Gasteiger partial charge in [0.1, 0.15) is 0 Å². The Kier molecular flexibility index (Phi) is 3.19. The largest absolute Gasteiger partial charge is 0.432 e. The minimum absolute atomic E-state index is 0.0700. The van der Waals surface area contributed by atoms with Crippen LogP contribution in [0.3, 0.4) is 0 Å². The summed E-state index contributed by atoms with van der Waals surface area (Å²) in [7, 11) is 0. The number of allylic oxidation sites excluding steroid dienone is 1. The van der Waals surface area contributed by atoms with Gasteiger partial charge in [0, 0.05) is 18.3 Å². The van der Waals surface area contributed by atoms with Crippen LogP contribution in [0, 0.1) is 23.7 Å². The molecule has 5 heteroatoms. The van der Waals surface area contributed by atoms with Crippen molar-refractivity contribution in [2.75, 3.05) is 0 Å². The Hall–Kier alpha value is -0.910. The minimum Gasteiger partial charge on any atom is -0.432 e. The number of rotatable bonds is 2. The first kappa shape index (κ1) is 14.7. The number of hydrogen-bond donors (Lipinski definition) is 0. The number of esters is 1. The summed E-state index contributed by atoms with van der Waals surface area (Å²) >= 11 is 0. The van der Waals surface area contributed by atoms with E-state index in [1.807, 2.05) is 6.92 Å². The van der Waals surface area contributed by atoms with Crippen LogP contribution in [0.5, 0.6) is 0 Å². The molecule has 0 unspecified atom stereocenters. The summed E-state index contributed by atoms with van der Waals surface area (Å²) in [6.07, 6.45) is 5.52. The Balaban J connectivity index is 1.81. The van der Waals surface area contributed by atoms with E-state index >= 15 is 0 Å². The molecule has 0 amide bonds. The molecule has 1 aliphatic carbocycles. The first-order valence-corrected chi connectivity index (χ1v) is 8.36. The fraction of sp³-hybridized carbons (Fsp3) is 0.824. The molecule has 1 spiro atoms. The zero-order chi connectivity index (χ0) is 15.5. The third-order valence-corrected chi connectivity index (χ3v) is 6.21. The van der Waals surface area contributed by atoms with E-state index < -0.39 is 17.7 Å². The summed E-state index contributed by atoms with van der Waals surface area (Å²) in [6.45, 7) is 7.91. The molecule has 4 saturated heterocycles. The smallest absolute Gasteiger partial charge is 0.312 e. The molecule has 2 bridgehead atoms. The lowest BCUT2D eigenvalue weighted by Crippen LogP contribution is -2.69. The van der Waals surface area contributed by atoms with Gasteiger partial charge in [0.2, 0.25) is 12.1 Å². The molecule has 122 valence electrons. The number of fused-ring (bicyclic) bond motifs is 2. The average Bonchev–Trinajstić information content (AvgIpc) is 2.70. The molecule has 0 aromatic rings. The van der Waals surface area contributed by atoms with E-state index in [4.69, 9.17) is 19.2 Å². The maximum Gasteiger partial charge on any atom is 0.312 e. The van der Waals surface area contributed by atoms with Crippen LogP contribution in [0.25, 0.3) is 0 Å². The van der Waals surface area contributed by atoms with Gasteiger partial charge >= 0.3 is 5.97 Å². The lowest BCUT2D eigenvalue weighted by Gasteiger charge is -2.58. The average molecular weight is 308 g/mol. The van der Waals surface area contributed by atoms with Gasteiger partial charge in [-0.25, -0.2) is 9.78 Å². The van der Waals surface area contributed by atoms with Gasteiger partial charge in [0.25, 0.3) is 0 Å². The van der Waals surface area contributed by atoms with Gasteiger partial charge in [-0.3, -0.25) is 4.79 Å². The van der Waals surface area contributed by atoms with Crippen LogP contribution in [-0.4, -0.2) is 23.6 Å². The molecule has 0 aromatic heterocycles. The predicted molar refractivity (Wildman–Crippen MR) is 77.2 cm³/mol. The van der Waals surface area contributed by atoms with Crippen molar-refractivity contribution in [2.45, 2.75) is 63.6 Å². The fourth-order valence-corrected chi connectivity index (χ4v) is 5.06. The summed E-state index contributed by atoms with van der Waals surface area (Å²) in [5.41, 5.74) is -0.657. The molecule has 5 fully saturated rings. The first-order valence-electron chi connectivity index (χ1n) is 8.36. The molecule has 5 aliphatic rings. The van der Waals surface area contributed by atoms with Gasteiger partial charge in [-0.05, 0) is 38.5 Å². The lowest BCUT2D eigenvalue weighted by molar-refractivity contribution is -0.559. The third-order valence-electron chi connectivity index (χ3n) is 6.21. The van der Waals surface area contributed by atoms with Crippen molar-refractivity contribution in [2.24, 2.45) is 23.7 Å². The van der Waals surface area contributed by atoms with Gasteiger partial charge in [-0.2, -0.15) is 0 Å². The second kappa shape index (κ2) is 4.79. The van der Waals surface area contributed by atoms with Crippen LogP contribution in [0.15, 0.2) is 12.7 Å². The maximum atomic E-state index is 12.5. The number of carbonyl (C=O) groups is 1. The van der Waals surface area contributed by atoms with E-state index in [9.17, 15) is 4.79 Å². The number of hydrogen-bond acceptors (Lipinski definition) is 5. The van der Waals surface area contributed by atoms with Crippen LogP contribution in [-0.2, 0) is 24.0 Å². The molecule has 22 heavy (non-hydrogen) atoms. The molecule has 5 nitrogen and oxygen atoms in total.